The van der Waals surface area contributed by atoms with Crippen molar-refractivity contribution in [2.24, 2.45) is 0 Å². The maximum atomic E-state index is 4.32. The molecule has 2 heterocycles. The first-order chi connectivity index (χ1) is 8.38. The summed E-state index contributed by atoms with van der Waals surface area (Å²) < 4.78 is 0. The molecule has 0 aromatic carbocycles. The summed E-state index contributed by atoms with van der Waals surface area (Å²) in [6.07, 6.45) is 5.41. The average Bonchev–Trinajstić information content (AvgIpc) is 2.40. The summed E-state index contributed by atoms with van der Waals surface area (Å²) in [7, 11) is 0. The minimum Gasteiger partial charge on any atom is -0.384 e. The van der Waals surface area contributed by atoms with E-state index in [0.717, 1.165) is 24.6 Å². The van der Waals surface area contributed by atoms with E-state index in [1.54, 1.807) is 12.4 Å². The number of aromatic nitrogens is 2. The van der Waals surface area contributed by atoms with E-state index in [0.29, 0.717) is 0 Å². The van der Waals surface area contributed by atoms with Gasteiger partial charge in [-0.05, 0) is 36.8 Å². The lowest BCUT2D eigenvalue weighted by atomic mass is 10.3. The molecule has 0 saturated heterocycles. The van der Waals surface area contributed by atoms with Gasteiger partial charge < -0.3 is 10.6 Å². The Hall–Kier alpha value is -2.10. The Kier molecular flexibility index (Phi) is 3.91. The Bertz CT molecular complexity index is 439. The van der Waals surface area contributed by atoms with Crippen molar-refractivity contribution in [1.29, 1.82) is 0 Å². The van der Waals surface area contributed by atoms with Gasteiger partial charge in [0.2, 0.25) is 0 Å². The highest BCUT2D eigenvalue weighted by molar-refractivity contribution is 5.47. The van der Waals surface area contributed by atoms with Crippen molar-refractivity contribution in [2.75, 3.05) is 17.2 Å². The molecule has 2 aromatic rings. The van der Waals surface area contributed by atoms with Crippen molar-refractivity contribution in [3.8, 4) is 0 Å². The molecular formula is C13H16N4. The van der Waals surface area contributed by atoms with Gasteiger partial charge in [-0.1, -0.05) is 0 Å². The normalized spacial score (nSPS) is 9.94. The van der Waals surface area contributed by atoms with E-state index < -0.39 is 0 Å². The van der Waals surface area contributed by atoms with E-state index in [1.807, 2.05) is 30.5 Å². The highest BCUT2D eigenvalue weighted by Gasteiger charge is 1.95. The first-order valence-corrected chi connectivity index (χ1v) is 5.71. The molecule has 0 fully saturated rings. The van der Waals surface area contributed by atoms with Crippen LogP contribution in [0.3, 0.4) is 0 Å². The lowest BCUT2D eigenvalue weighted by Crippen LogP contribution is -2.02. The molecule has 0 aliphatic carbocycles. The summed E-state index contributed by atoms with van der Waals surface area (Å²) in [5.41, 5.74) is 2.24. The molecular weight excluding hydrogens is 212 g/mol. The van der Waals surface area contributed by atoms with Gasteiger partial charge >= 0.3 is 0 Å². The third kappa shape index (κ3) is 3.45. The SMILES string of the molecule is CCNc1ccc(NCc2ccncc2)nc1. The fraction of sp³-hybridized carbons (Fsp3) is 0.231. The van der Waals surface area contributed by atoms with Crippen LogP contribution in [0.2, 0.25) is 0 Å². The van der Waals surface area contributed by atoms with Crippen LogP contribution in [0.25, 0.3) is 0 Å². The summed E-state index contributed by atoms with van der Waals surface area (Å²) in [6, 6.07) is 7.96. The fourth-order valence-electron chi connectivity index (χ4n) is 1.50. The molecule has 0 radical (unpaired) electrons. The number of anilines is 2. The van der Waals surface area contributed by atoms with Crippen LogP contribution >= 0.6 is 0 Å². The highest BCUT2D eigenvalue weighted by atomic mass is 15.0. The molecule has 0 bridgehead atoms. The molecule has 2 rings (SSSR count). The van der Waals surface area contributed by atoms with Crippen molar-refractivity contribution < 1.29 is 0 Å². The van der Waals surface area contributed by atoms with Gasteiger partial charge in [0.05, 0.1) is 11.9 Å². The zero-order chi connectivity index (χ0) is 11.9. The largest absolute Gasteiger partial charge is 0.384 e. The van der Waals surface area contributed by atoms with Gasteiger partial charge in [0.15, 0.2) is 0 Å². The Morgan fingerprint density at radius 3 is 2.53 bits per heavy atom. The Morgan fingerprint density at radius 1 is 1.06 bits per heavy atom. The van der Waals surface area contributed by atoms with Crippen LogP contribution in [0, 0.1) is 0 Å². The molecule has 0 amide bonds. The molecule has 0 spiro atoms. The lowest BCUT2D eigenvalue weighted by molar-refractivity contribution is 1.09. The van der Waals surface area contributed by atoms with E-state index in [9.17, 15) is 0 Å². The summed E-state index contributed by atoms with van der Waals surface area (Å²) in [4.78, 5) is 8.30. The molecule has 0 unspecified atom stereocenters. The van der Waals surface area contributed by atoms with Gasteiger partial charge in [-0.15, -0.1) is 0 Å². The minimum absolute atomic E-state index is 0.760. The predicted octanol–water partition coefficient (Wildman–Crippen LogP) is 2.52. The third-order valence-electron chi connectivity index (χ3n) is 2.37. The molecule has 4 nitrogen and oxygen atoms in total. The van der Waals surface area contributed by atoms with Crippen molar-refractivity contribution in [3.05, 3.63) is 48.4 Å². The number of nitrogens with one attached hydrogen (secondary N) is 2. The minimum atomic E-state index is 0.760. The van der Waals surface area contributed by atoms with Gasteiger partial charge in [0, 0.05) is 25.5 Å². The van der Waals surface area contributed by atoms with Gasteiger partial charge in [0.1, 0.15) is 5.82 Å². The number of nitrogens with zero attached hydrogens (tertiary/aromatic N) is 2. The Labute approximate surface area is 101 Å². The number of pyridine rings is 2. The summed E-state index contributed by atoms with van der Waals surface area (Å²) in [5.74, 6) is 0.878. The van der Waals surface area contributed by atoms with Crippen LogP contribution in [0.15, 0.2) is 42.9 Å². The highest BCUT2D eigenvalue weighted by Crippen LogP contribution is 2.10. The molecule has 2 aromatic heterocycles. The van der Waals surface area contributed by atoms with Gasteiger partial charge in [-0.25, -0.2) is 4.98 Å². The lowest BCUT2D eigenvalue weighted by Gasteiger charge is -2.07. The second-order valence-corrected chi connectivity index (χ2v) is 3.67. The van der Waals surface area contributed by atoms with Gasteiger partial charge in [-0.2, -0.15) is 0 Å². The van der Waals surface area contributed by atoms with Gasteiger partial charge in [-0.3, -0.25) is 4.98 Å². The zero-order valence-electron chi connectivity index (χ0n) is 9.85. The zero-order valence-corrected chi connectivity index (χ0v) is 9.85. The van der Waals surface area contributed by atoms with Crippen LogP contribution < -0.4 is 10.6 Å². The number of hydrogen-bond donors (Lipinski definition) is 2. The second kappa shape index (κ2) is 5.84. The topological polar surface area (TPSA) is 49.8 Å². The molecule has 88 valence electrons. The fourth-order valence-corrected chi connectivity index (χ4v) is 1.50. The molecule has 0 aliphatic rings. The average molecular weight is 228 g/mol. The standard InChI is InChI=1S/C13H16N4/c1-2-15-12-3-4-13(17-10-12)16-9-11-5-7-14-8-6-11/h3-8,10,15H,2,9H2,1H3,(H,16,17). The number of rotatable bonds is 5. The maximum Gasteiger partial charge on any atom is 0.126 e. The summed E-state index contributed by atoms with van der Waals surface area (Å²) >= 11 is 0. The van der Waals surface area contributed by atoms with Crippen LogP contribution in [0.5, 0.6) is 0 Å². The molecule has 17 heavy (non-hydrogen) atoms. The van der Waals surface area contributed by atoms with E-state index >= 15 is 0 Å². The maximum absolute atomic E-state index is 4.32. The van der Waals surface area contributed by atoms with Crippen molar-refractivity contribution in [2.45, 2.75) is 13.5 Å². The van der Waals surface area contributed by atoms with Crippen molar-refractivity contribution in [1.82, 2.24) is 9.97 Å². The second-order valence-electron chi connectivity index (χ2n) is 3.67. The third-order valence-corrected chi connectivity index (χ3v) is 2.37. The molecule has 0 saturated carbocycles. The van der Waals surface area contributed by atoms with Crippen LogP contribution in [0.4, 0.5) is 11.5 Å². The molecule has 0 aliphatic heterocycles. The van der Waals surface area contributed by atoms with E-state index in [4.69, 9.17) is 0 Å². The smallest absolute Gasteiger partial charge is 0.126 e. The van der Waals surface area contributed by atoms with Crippen LogP contribution in [0.1, 0.15) is 12.5 Å². The molecule has 0 atom stereocenters. The quantitative estimate of drug-likeness (QED) is 0.825. The van der Waals surface area contributed by atoms with E-state index in [-0.39, 0.29) is 0 Å². The predicted molar refractivity (Wildman–Crippen MR) is 70.0 cm³/mol. The summed E-state index contributed by atoms with van der Waals surface area (Å²) in [5, 5.41) is 6.47. The first kappa shape index (κ1) is 11.4. The number of hydrogen-bond acceptors (Lipinski definition) is 4. The van der Waals surface area contributed by atoms with Crippen molar-refractivity contribution >= 4 is 11.5 Å². The Morgan fingerprint density at radius 2 is 1.88 bits per heavy atom. The monoisotopic (exact) mass is 228 g/mol. The van der Waals surface area contributed by atoms with E-state index in [1.165, 1.54) is 5.56 Å². The van der Waals surface area contributed by atoms with Gasteiger partial charge in [0.25, 0.3) is 0 Å². The first-order valence-electron chi connectivity index (χ1n) is 5.71. The van der Waals surface area contributed by atoms with Crippen LogP contribution in [-0.2, 0) is 6.54 Å². The van der Waals surface area contributed by atoms with E-state index in [2.05, 4.69) is 27.5 Å². The summed E-state index contributed by atoms with van der Waals surface area (Å²) in [6.45, 7) is 3.73. The molecule has 4 heteroatoms. The van der Waals surface area contributed by atoms with Crippen LogP contribution in [-0.4, -0.2) is 16.5 Å². The Balaban J connectivity index is 1.91. The molecule has 2 N–H and O–H groups in total. The van der Waals surface area contributed by atoms with Crippen molar-refractivity contribution in [3.63, 3.8) is 0 Å².